The maximum Gasteiger partial charge on any atom is 0.142 e. The van der Waals surface area contributed by atoms with E-state index >= 15 is 0 Å². The van der Waals surface area contributed by atoms with Crippen LogP contribution in [0.1, 0.15) is 25.7 Å². The molecule has 0 bridgehead atoms. The molecule has 1 N–H and O–H groups in total. The van der Waals surface area contributed by atoms with Gasteiger partial charge in [0, 0.05) is 19.2 Å². The van der Waals surface area contributed by atoms with Crippen molar-refractivity contribution in [2.45, 2.75) is 37.8 Å². The molecule has 0 spiro atoms. The van der Waals surface area contributed by atoms with Gasteiger partial charge in [0.15, 0.2) is 0 Å². The number of methoxy groups -OCH3 is 3. The predicted octanol–water partition coefficient (Wildman–Crippen LogP) is 3.07. The maximum atomic E-state index is 5.40. The minimum atomic E-state index is 0.422. The first-order chi connectivity index (χ1) is 9.26. The molecule has 0 unspecified atom stereocenters. The first-order valence-electron chi connectivity index (χ1n) is 6.78. The topological polar surface area (TPSA) is 39.7 Å². The van der Waals surface area contributed by atoms with E-state index in [1.54, 1.807) is 21.3 Å². The standard InChI is InChI=1S/C15H23NO3/c1-17-12-6-4-11(5-7-12)16-14-10-13(18-2)8-9-15(14)19-3/h8-12,16H,4-7H2,1-3H3. The molecule has 1 aromatic carbocycles. The molecule has 1 aliphatic carbocycles. The van der Waals surface area contributed by atoms with Crippen LogP contribution in [-0.4, -0.2) is 33.5 Å². The van der Waals surface area contributed by atoms with Crippen molar-refractivity contribution in [2.24, 2.45) is 0 Å². The Morgan fingerprint density at radius 3 is 2.32 bits per heavy atom. The lowest BCUT2D eigenvalue weighted by Crippen LogP contribution is -2.29. The van der Waals surface area contributed by atoms with Crippen LogP contribution in [0.15, 0.2) is 18.2 Å². The van der Waals surface area contributed by atoms with E-state index in [9.17, 15) is 0 Å². The van der Waals surface area contributed by atoms with Gasteiger partial charge in [0.05, 0.1) is 26.0 Å². The Hall–Kier alpha value is -1.42. The molecule has 19 heavy (non-hydrogen) atoms. The van der Waals surface area contributed by atoms with Crippen LogP contribution in [-0.2, 0) is 4.74 Å². The summed E-state index contributed by atoms with van der Waals surface area (Å²) in [6.07, 6.45) is 4.89. The molecule has 0 amide bonds. The van der Waals surface area contributed by atoms with E-state index in [0.29, 0.717) is 12.1 Å². The molecule has 0 saturated heterocycles. The predicted molar refractivity (Wildman–Crippen MR) is 76.2 cm³/mol. The fraction of sp³-hybridized carbons (Fsp3) is 0.600. The third-order valence-electron chi connectivity index (χ3n) is 3.77. The van der Waals surface area contributed by atoms with Crippen LogP contribution in [0.4, 0.5) is 5.69 Å². The summed E-state index contributed by atoms with van der Waals surface area (Å²) in [5.74, 6) is 1.70. The molecule has 0 radical (unpaired) electrons. The monoisotopic (exact) mass is 265 g/mol. The van der Waals surface area contributed by atoms with Gasteiger partial charge < -0.3 is 19.5 Å². The fourth-order valence-corrected chi connectivity index (χ4v) is 2.59. The zero-order chi connectivity index (χ0) is 13.7. The smallest absolute Gasteiger partial charge is 0.142 e. The lowest BCUT2D eigenvalue weighted by atomic mass is 9.93. The average molecular weight is 265 g/mol. The zero-order valence-corrected chi connectivity index (χ0v) is 11.9. The number of ether oxygens (including phenoxy) is 3. The van der Waals surface area contributed by atoms with Crippen molar-refractivity contribution >= 4 is 5.69 Å². The molecule has 1 aromatic rings. The van der Waals surface area contributed by atoms with Crippen molar-refractivity contribution in [3.8, 4) is 11.5 Å². The Morgan fingerprint density at radius 1 is 1.00 bits per heavy atom. The van der Waals surface area contributed by atoms with Gasteiger partial charge in [-0.05, 0) is 37.8 Å². The summed E-state index contributed by atoms with van der Waals surface area (Å²) in [5.41, 5.74) is 1.00. The Bertz CT molecular complexity index is 400. The van der Waals surface area contributed by atoms with Gasteiger partial charge in [0.1, 0.15) is 11.5 Å². The normalized spacial score (nSPS) is 22.9. The van der Waals surface area contributed by atoms with Crippen molar-refractivity contribution in [3.63, 3.8) is 0 Å². The molecule has 4 heteroatoms. The molecular weight excluding hydrogens is 242 g/mol. The maximum absolute atomic E-state index is 5.40. The third kappa shape index (κ3) is 3.53. The van der Waals surface area contributed by atoms with E-state index in [0.717, 1.165) is 42.9 Å². The van der Waals surface area contributed by atoms with E-state index < -0.39 is 0 Å². The second-order valence-corrected chi connectivity index (χ2v) is 4.92. The van der Waals surface area contributed by atoms with Crippen molar-refractivity contribution in [3.05, 3.63) is 18.2 Å². The van der Waals surface area contributed by atoms with Crippen molar-refractivity contribution < 1.29 is 14.2 Å². The molecule has 4 nitrogen and oxygen atoms in total. The van der Waals surface area contributed by atoms with Gasteiger partial charge in [-0.1, -0.05) is 0 Å². The second-order valence-electron chi connectivity index (χ2n) is 4.92. The summed E-state index contributed by atoms with van der Waals surface area (Å²) in [6, 6.07) is 6.31. The van der Waals surface area contributed by atoms with Crippen LogP contribution in [0.2, 0.25) is 0 Å². The SMILES string of the molecule is COc1ccc(OC)c(NC2CCC(OC)CC2)c1. The Morgan fingerprint density at radius 2 is 1.74 bits per heavy atom. The van der Waals surface area contributed by atoms with Crippen molar-refractivity contribution in [1.82, 2.24) is 0 Å². The highest BCUT2D eigenvalue weighted by Crippen LogP contribution is 2.32. The quantitative estimate of drug-likeness (QED) is 0.888. The van der Waals surface area contributed by atoms with Crippen LogP contribution in [0.3, 0.4) is 0 Å². The van der Waals surface area contributed by atoms with Gasteiger partial charge in [-0.2, -0.15) is 0 Å². The molecule has 106 valence electrons. The summed E-state index contributed by atoms with van der Waals surface area (Å²) in [4.78, 5) is 0. The largest absolute Gasteiger partial charge is 0.497 e. The molecule has 2 rings (SSSR count). The lowest BCUT2D eigenvalue weighted by Gasteiger charge is -2.29. The van der Waals surface area contributed by atoms with Gasteiger partial charge in [0.25, 0.3) is 0 Å². The second kappa shape index (κ2) is 6.66. The Kier molecular flexibility index (Phi) is 4.91. The molecule has 1 saturated carbocycles. The van der Waals surface area contributed by atoms with Crippen LogP contribution < -0.4 is 14.8 Å². The zero-order valence-electron chi connectivity index (χ0n) is 11.9. The lowest BCUT2D eigenvalue weighted by molar-refractivity contribution is 0.0681. The van der Waals surface area contributed by atoms with Crippen LogP contribution in [0.25, 0.3) is 0 Å². The highest BCUT2D eigenvalue weighted by molar-refractivity contribution is 5.60. The number of nitrogens with one attached hydrogen (secondary N) is 1. The minimum absolute atomic E-state index is 0.422. The first-order valence-corrected chi connectivity index (χ1v) is 6.78. The first kappa shape index (κ1) is 14.0. The Labute approximate surface area is 115 Å². The molecule has 0 atom stereocenters. The van der Waals surface area contributed by atoms with Gasteiger partial charge in [-0.25, -0.2) is 0 Å². The third-order valence-corrected chi connectivity index (χ3v) is 3.77. The van der Waals surface area contributed by atoms with Gasteiger partial charge >= 0.3 is 0 Å². The molecule has 1 fully saturated rings. The van der Waals surface area contributed by atoms with Crippen LogP contribution in [0.5, 0.6) is 11.5 Å². The van der Waals surface area contributed by atoms with Crippen LogP contribution >= 0.6 is 0 Å². The number of rotatable bonds is 5. The summed E-state index contributed by atoms with van der Waals surface area (Å²) >= 11 is 0. The van der Waals surface area contributed by atoms with Gasteiger partial charge in [0.2, 0.25) is 0 Å². The summed E-state index contributed by atoms with van der Waals surface area (Å²) < 4.78 is 16.0. The number of benzene rings is 1. The molecular formula is C15H23NO3. The summed E-state index contributed by atoms with van der Waals surface area (Å²) in [6.45, 7) is 0. The van der Waals surface area contributed by atoms with E-state index in [1.807, 2.05) is 18.2 Å². The fourth-order valence-electron chi connectivity index (χ4n) is 2.59. The van der Waals surface area contributed by atoms with Crippen molar-refractivity contribution in [2.75, 3.05) is 26.6 Å². The van der Waals surface area contributed by atoms with Crippen molar-refractivity contribution in [1.29, 1.82) is 0 Å². The Balaban J connectivity index is 2.02. The molecule has 1 aliphatic rings. The van der Waals surface area contributed by atoms with E-state index in [-0.39, 0.29) is 0 Å². The summed E-state index contributed by atoms with van der Waals surface area (Å²) in [7, 11) is 5.16. The number of hydrogen-bond donors (Lipinski definition) is 1. The van der Waals surface area contributed by atoms with E-state index in [2.05, 4.69) is 5.32 Å². The molecule has 0 heterocycles. The van der Waals surface area contributed by atoms with Gasteiger partial charge in [-0.3, -0.25) is 0 Å². The van der Waals surface area contributed by atoms with E-state index in [4.69, 9.17) is 14.2 Å². The van der Waals surface area contributed by atoms with Gasteiger partial charge in [-0.15, -0.1) is 0 Å². The highest BCUT2D eigenvalue weighted by atomic mass is 16.5. The van der Waals surface area contributed by atoms with E-state index in [1.165, 1.54) is 0 Å². The minimum Gasteiger partial charge on any atom is -0.497 e. The molecule has 0 aromatic heterocycles. The average Bonchev–Trinajstić information content (AvgIpc) is 2.48. The van der Waals surface area contributed by atoms with Crippen LogP contribution in [0, 0.1) is 0 Å². The summed E-state index contributed by atoms with van der Waals surface area (Å²) in [5, 5.41) is 3.56. The number of anilines is 1. The number of hydrogen-bond acceptors (Lipinski definition) is 4. The molecule has 0 aliphatic heterocycles. The highest BCUT2D eigenvalue weighted by Gasteiger charge is 2.21.